The summed E-state index contributed by atoms with van der Waals surface area (Å²) in [5, 5.41) is 3.67. The van der Waals surface area contributed by atoms with Gasteiger partial charge in [-0.2, -0.15) is 0 Å². The first-order valence-corrected chi connectivity index (χ1v) is 7.59. The average molecular weight is 247 g/mol. The first kappa shape index (κ1) is 15.2. The van der Waals surface area contributed by atoms with Crippen molar-refractivity contribution in [2.24, 2.45) is 5.92 Å². The fourth-order valence-electron chi connectivity index (χ4n) is 2.80. The first-order chi connectivity index (χ1) is 8.81. The second-order valence-electron chi connectivity index (χ2n) is 5.12. The van der Waals surface area contributed by atoms with Crippen LogP contribution in [0, 0.1) is 5.92 Å². The van der Waals surface area contributed by atoms with Crippen LogP contribution in [0.15, 0.2) is 30.3 Å². The van der Waals surface area contributed by atoms with Crippen molar-refractivity contribution < 1.29 is 0 Å². The Morgan fingerprint density at radius 3 is 2.22 bits per heavy atom. The van der Waals surface area contributed by atoms with Crippen molar-refractivity contribution in [3.63, 3.8) is 0 Å². The SMILES string of the molecule is CCNC(CCCc1ccccc1)C(CC)CC. The van der Waals surface area contributed by atoms with Gasteiger partial charge in [0.25, 0.3) is 0 Å². The zero-order chi connectivity index (χ0) is 13.2. The third-order valence-electron chi connectivity index (χ3n) is 3.91. The lowest BCUT2D eigenvalue weighted by molar-refractivity contribution is 0.317. The molecule has 0 heterocycles. The van der Waals surface area contributed by atoms with Crippen molar-refractivity contribution in [3.05, 3.63) is 35.9 Å². The molecule has 0 aromatic heterocycles. The molecule has 0 saturated heterocycles. The molecule has 1 aromatic rings. The molecule has 1 rings (SSSR count). The molecule has 0 bridgehead atoms. The van der Waals surface area contributed by atoms with Gasteiger partial charge in [-0.05, 0) is 37.3 Å². The second kappa shape index (κ2) is 9.16. The topological polar surface area (TPSA) is 12.0 Å². The third kappa shape index (κ3) is 5.22. The van der Waals surface area contributed by atoms with Crippen molar-refractivity contribution in [1.29, 1.82) is 0 Å². The van der Waals surface area contributed by atoms with E-state index in [9.17, 15) is 0 Å². The zero-order valence-corrected chi connectivity index (χ0v) is 12.3. The molecular formula is C17H29N. The van der Waals surface area contributed by atoms with Gasteiger partial charge in [-0.1, -0.05) is 63.9 Å². The summed E-state index contributed by atoms with van der Waals surface area (Å²) in [7, 11) is 0. The molecule has 1 nitrogen and oxygen atoms in total. The predicted octanol–water partition coefficient (Wildman–Crippen LogP) is 4.42. The van der Waals surface area contributed by atoms with E-state index in [2.05, 4.69) is 56.4 Å². The molecule has 0 spiro atoms. The number of benzene rings is 1. The van der Waals surface area contributed by atoms with Crippen LogP contribution in [-0.4, -0.2) is 12.6 Å². The van der Waals surface area contributed by atoms with Crippen LogP contribution in [0.3, 0.4) is 0 Å². The average Bonchev–Trinajstić information content (AvgIpc) is 2.41. The summed E-state index contributed by atoms with van der Waals surface area (Å²) >= 11 is 0. The van der Waals surface area contributed by atoms with Crippen LogP contribution < -0.4 is 5.32 Å². The molecular weight excluding hydrogens is 218 g/mol. The van der Waals surface area contributed by atoms with Crippen LogP contribution in [0.5, 0.6) is 0 Å². The molecule has 0 aliphatic heterocycles. The molecule has 0 saturated carbocycles. The summed E-state index contributed by atoms with van der Waals surface area (Å²) in [5.41, 5.74) is 1.47. The molecule has 1 unspecified atom stereocenters. The summed E-state index contributed by atoms with van der Waals surface area (Å²) < 4.78 is 0. The Bertz CT molecular complexity index is 290. The van der Waals surface area contributed by atoms with Crippen LogP contribution >= 0.6 is 0 Å². The van der Waals surface area contributed by atoms with Gasteiger partial charge in [0, 0.05) is 6.04 Å². The van der Waals surface area contributed by atoms with Crippen molar-refractivity contribution in [2.75, 3.05) is 6.54 Å². The summed E-state index contributed by atoms with van der Waals surface area (Å²) in [4.78, 5) is 0. The van der Waals surface area contributed by atoms with E-state index in [4.69, 9.17) is 0 Å². The van der Waals surface area contributed by atoms with E-state index in [-0.39, 0.29) is 0 Å². The zero-order valence-electron chi connectivity index (χ0n) is 12.3. The smallest absolute Gasteiger partial charge is 0.00951 e. The lowest BCUT2D eigenvalue weighted by atomic mass is 9.90. The van der Waals surface area contributed by atoms with Gasteiger partial charge in [0.1, 0.15) is 0 Å². The van der Waals surface area contributed by atoms with Gasteiger partial charge in [-0.25, -0.2) is 0 Å². The minimum absolute atomic E-state index is 0.703. The van der Waals surface area contributed by atoms with E-state index in [0.717, 1.165) is 12.5 Å². The lowest BCUT2D eigenvalue weighted by Gasteiger charge is -2.26. The minimum atomic E-state index is 0.703. The van der Waals surface area contributed by atoms with Gasteiger partial charge >= 0.3 is 0 Å². The van der Waals surface area contributed by atoms with Gasteiger partial charge in [0.15, 0.2) is 0 Å². The van der Waals surface area contributed by atoms with Crippen LogP contribution in [-0.2, 0) is 6.42 Å². The highest BCUT2D eigenvalue weighted by Gasteiger charge is 2.16. The summed E-state index contributed by atoms with van der Waals surface area (Å²) in [6, 6.07) is 11.5. The molecule has 1 N–H and O–H groups in total. The Labute approximate surface area is 113 Å². The largest absolute Gasteiger partial charge is 0.314 e. The summed E-state index contributed by atoms with van der Waals surface area (Å²) in [6.07, 6.45) is 6.38. The highest BCUT2D eigenvalue weighted by molar-refractivity contribution is 5.14. The van der Waals surface area contributed by atoms with Gasteiger partial charge in [-0.15, -0.1) is 0 Å². The van der Waals surface area contributed by atoms with E-state index in [1.165, 1.54) is 37.7 Å². The molecule has 18 heavy (non-hydrogen) atoms. The molecule has 1 heteroatoms. The Morgan fingerprint density at radius 1 is 1.00 bits per heavy atom. The van der Waals surface area contributed by atoms with Crippen molar-refractivity contribution >= 4 is 0 Å². The molecule has 0 fully saturated rings. The molecule has 0 aliphatic carbocycles. The van der Waals surface area contributed by atoms with Crippen LogP contribution in [0.2, 0.25) is 0 Å². The maximum atomic E-state index is 3.67. The van der Waals surface area contributed by atoms with E-state index in [0.29, 0.717) is 6.04 Å². The van der Waals surface area contributed by atoms with Crippen LogP contribution in [0.25, 0.3) is 0 Å². The van der Waals surface area contributed by atoms with Crippen molar-refractivity contribution in [1.82, 2.24) is 5.32 Å². The number of hydrogen-bond donors (Lipinski definition) is 1. The molecule has 0 radical (unpaired) electrons. The molecule has 102 valence electrons. The van der Waals surface area contributed by atoms with Crippen LogP contribution in [0.1, 0.15) is 52.0 Å². The molecule has 0 amide bonds. The number of rotatable bonds is 9. The Balaban J connectivity index is 2.37. The van der Waals surface area contributed by atoms with Gasteiger partial charge in [0.2, 0.25) is 0 Å². The fraction of sp³-hybridized carbons (Fsp3) is 0.647. The maximum Gasteiger partial charge on any atom is 0.00951 e. The normalized spacial score (nSPS) is 12.9. The predicted molar refractivity (Wildman–Crippen MR) is 80.9 cm³/mol. The summed E-state index contributed by atoms with van der Waals surface area (Å²) in [5.74, 6) is 0.834. The van der Waals surface area contributed by atoms with E-state index in [1.807, 2.05) is 0 Å². The van der Waals surface area contributed by atoms with Crippen molar-refractivity contribution in [3.8, 4) is 0 Å². The lowest BCUT2D eigenvalue weighted by Crippen LogP contribution is -2.35. The summed E-state index contributed by atoms with van der Waals surface area (Å²) in [6.45, 7) is 7.94. The second-order valence-corrected chi connectivity index (χ2v) is 5.12. The first-order valence-electron chi connectivity index (χ1n) is 7.59. The van der Waals surface area contributed by atoms with E-state index < -0.39 is 0 Å². The quantitative estimate of drug-likeness (QED) is 0.681. The third-order valence-corrected chi connectivity index (χ3v) is 3.91. The molecule has 1 aromatic carbocycles. The number of hydrogen-bond acceptors (Lipinski definition) is 1. The highest BCUT2D eigenvalue weighted by Crippen LogP contribution is 2.18. The minimum Gasteiger partial charge on any atom is -0.314 e. The van der Waals surface area contributed by atoms with E-state index >= 15 is 0 Å². The molecule has 0 aliphatic rings. The Kier molecular flexibility index (Phi) is 7.75. The fourth-order valence-corrected chi connectivity index (χ4v) is 2.80. The van der Waals surface area contributed by atoms with Crippen LogP contribution in [0.4, 0.5) is 0 Å². The van der Waals surface area contributed by atoms with E-state index in [1.54, 1.807) is 0 Å². The Hall–Kier alpha value is -0.820. The maximum absolute atomic E-state index is 3.67. The molecule has 1 atom stereocenters. The number of aryl methyl sites for hydroxylation is 1. The standard InChI is InChI=1S/C17H29N/c1-4-16(5-2)17(18-6-3)14-10-13-15-11-8-7-9-12-15/h7-9,11-12,16-18H,4-6,10,13-14H2,1-3H3. The Morgan fingerprint density at radius 2 is 1.67 bits per heavy atom. The number of nitrogens with one attached hydrogen (secondary N) is 1. The van der Waals surface area contributed by atoms with Gasteiger partial charge in [0.05, 0.1) is 0 Å². The van der Waals surface area contributed by atoms with Gasteiger partial charge < -0.3 is 5.32 Å². The van der Waals surface area contributed by atoms with Gasteiger partial charge in [-0.3, -0.25) is 0 Å². The van der Waals surface area contributed by atoms with Crippen molar-refractivity contribution in [2.45, 2.75) is 58.9 Å². The highest BCUT2D eigenvalue weighted by atomic mass is 14.9. The monoisotopic (exact) mass is 247 g/mol.